The number of benzene rings is 2. The van der Waals surface area contributed by atoms with Crippen molar-refractivity contribution in [2.75, 3.05) is 19.7 Å². The van der Waals surface area contributed by atoms with E-state index in [4.69, 9.17) is 9.26 Å². The highest BCUT2D eigenvalue weighted by molar-refractivity contribution is 5.95. The van der Waals surface area contributed by atoms with Crippen molar-refractivity contribution in [3.05, 3.63) is 78.0 Å². The quantitative estimate of drug-likeness (QED) is 0.606. The van der Waals surface area contributed by atoms with E-state index in [2.05, 4.69) is 10.5 Å². The second kappa shape index (κ2) is 10.0. The molecule has 0 aliphatic carbocycles. The molecule has 0 saturated carbocycles. The number of aromatic nitrogens is 1. The molecule has 1 N–H and O–H groups in total. The first kappa shape index (κ1) is 20.8. The summed E-state index contributed by atoms with van der Waals surface area (Å²) in [7, 11) is 0. The molecule has 1 fully saturated rings. The molecule has 160 valence electrons. The van der Waals surface area contributed by atoms with Crippen LogP contribution in [0.3, 0.4) is 0 Å². The molecule has 1 atom stereocenters. The fourth-order valence-electron chi connectivity index (χ4n) is 3.54. The van der Waals surface area contributed by atoms with Crippen molar-refractivity contribution >= 4 is 11.8 Å². The number of carbonyl (C=O) groups excluding carboxylic acids is 2. The highest BCUT2D eigenvalue weighted by Crippen LogP contribution is 2.21. The minimum Gasteiger partial charge on any atom is -0.376 e. The van der Waals surface area contributed by atoms with Crippen LogP contribution in [0.1, 0.15) is 28.9 Å². The third-order valence-electron chi connectivity index (χ3n) is 5.18. The number of amides is 2. The van der Waals surface area contributed by atoms with Crippen LogP contribution in [0.2, 0.25) is 0 Å². The summed E-state index contributed by atoms with van der Waals surface area (Å²) in [5.74, 6) is -0.0833. The van der Waals surface area contributed by atoms with Gasteiger partial charge in [-0.2, -0.15) is 0 Å². The van der Waals surface area contributed by atoms with Crippen LogP contribution in [0.4, 0.5) is 0 Å². The summed E-state index contributed by atoms with van der Waals surface area (Å²) >= 11 is 0. The molecule has 7 heteroatoms. The summed E-state index contributed by atoms with van der Waals surface area (Å²) in [5, 5.41) is 6.83. The van der Waals surface area contributed by atoms with Crippen LogP contribution in [-0.2, 0) is 16.1 Å². The van der Waals surface area contributed by atoms with Gasteiger partial charge in [0.25, 0.3) is 5.91 Å². The molecular formula is C24H25N3O4. The van der Waals surface area contributed by atoms with E-state index in [0.29, 0.717) is 18.8 Å². The molecule has 0 spiro atoms. The third kappa shape index (κ3) is 5.58. The van der Waals surface area contributed by atoms with Crippen molar-refractivity contribution in [3.8, 4) is 11.3 Å². The topological polar surface area (TPSA) is 84.7 Å². The first-order valence-electron chi connectivity index (χ1n) is 10.4. The van der Waals surface area contributed by atoms with Gasteiger partial charge in [0.1, 0.15) is 6.54 Å². The van der Waals surface area contributed by atoms with E-state index in [1.165, 1.54) is 4.90 Å². The number of rotatable bonds is 8. The van der Waals surface area contributed by atoms with Gasteiger partial charge in [-0.3, -0.25) is 9.59 Å². The zero-order chi connectivity index (χ0) is 21.5. The molecule has 4 rings (SSSR count). The van der Waals surface area contributed by atoms with Crippen molar-refractivity contribution in [1.82, 2.24) is 15.4 Å². The zero-order valence-corrected chi connectivity index (χ0v) is 17.2. The molecule has 1 unspecified atom stereocenters. The second-order valence-corrected chi connectivity index (χ2v) is 7.53. The lowest BCUT2D eigenvalue weighted by molar-refractivity contribution is -0.122. The molecule has 1 saturated heterocycles. The molecule has 7 nitrogen and oxygen atoms in total. The molecule has 2 amide bonds. The van der Waals surface area contributed by atoms with Crippen molar-refractivity contribution in [1.29, 1.82) is 0 Å². The molecule has 2 aromatic carbocycles. The molecule has 2 heterocycles. The smallest absolute Gasteiger partial charge is 0.276 e. The van der Waals surface area contributed by atoms with E-state index in [-0.39, 0.29) is 30.2 Å². The molecule has 0 bridgehead atoms. The molecule has 0 radical (unpaired) electrons. The summed E-state index contributed by atoms with van der Waals surface area (Å²) < 4.78 is 10.9. The van der Waals surface area contributed by atoms with Gasteiger partial charge in [-0.25, -0.2) is 0 Å². The van der Waals surface area contributed by atoms with Crippen molar-refractivity contribution < 1.29 is 18.8 Å². The minimum atomic E-state index is -0.359. The average molecular weight is 419 g/mol. The Kier molecular flexibility index (Phi) is 6.74. The van der Waals surface area contributed by atoms with Crippen LogP contribution < -0.4 is 5.32 Å². The van der Waals surface area contributed by atoms with Gasteiger partial charge in [-0.15, -0.1) is 0 Å². The molecule has 3 aromatic rings. The van der Waals surface area contributed by atoms with Crippen LogP contribution in [0.5, 0.6) is 0 Å². The van der Waals surface area contributed by atoms with Crippen LogP contribution >= 0.6 is 0 Å². The van der Waals surface area contributed by atoms with E-state index < -0.39 is 0 Å². The van der Waals surface area contributed by atoms with Gasteiger partial charge in [-0.1, -0.05) is 65.8 Å². The van der Waals surface area contributed by atoms with E-state index >= 15 is 0 Å². The molecule has 31 heavy (non-hydrogen) atoms. The number of nitrogens with zero attached hydrogens (tertiary/aromatic N) is 2. The van der Waals surface area contributed by atoms with Gasteiger partial charge in [0.15, 0.2) is 11.5 Å². The van der Waals surface area contributed by atoms with Crippen LogP contribution in [0.15, 0.2) is 71.3 Å². The molecule has 1 aliphatic heterocycles. The van der Waals surface area contributed by atoms with E-state index in [1.807, 2.05) is 60.7 Å². The number of carbonyl (C=O) groups is 2. The lowest BCUT2D eigenvalue weighted by atomic mass is 10.1. The standard InChI is InChI=1S/C24H25N3O4/c28-23(25-15-20-12-7-13-30-20)17-27(16-18-8-3-1-4-9-18)24(29)21-14-22(31-26-21)19-10-5-2-6-11-19/h1-6,8-11,14,20H,7,12-13,15-17H2,(H,25,28). The Morgan fingerprint density at radius 1 is 1.06 bits per heavy atom. The molecule has 1 aromatic heterocycles. The highest BCUT2D eigenvalue weighted by Gasteiger charge is 2.24. The van der Waals surface area contributed by atoms with Gasteiger partial charge in [0, 0.05) is 31.3 Å². The molecular weight excluding hydrogens is 394 g/mol. The van der Waals surface area contributed by atoms with E-state index in [0.717, 1.165) is 30.6 Å². The van der Waals surface area contributed by atoms with Crippen LogP contribution in [-0.4, -0.2) is 47.7 Å². The predicted octanol–water partition coefficient (Wildman–Crippen LogP) is 3.28. The summed E-state index contributed by atoms with van der Waals surface area (Å²) in [4.78, 5) is 27.2. The monoisotopic (exact) mass is 419 g/mol. The average Bonchev–Trinajstić information content (AvgIpc) is 3.50. The largest absolute Gasteiger partial charge is 0.376 e. The summed E-state index contributed by atoms with van der Waals surface area (Å²) in [6.07, 6.45) is 2.00. The minimum absolute atomic E-state index is 0.0474. The maximum Gasteiger partial charge on any atom is 0.276 e. The van der Waals surface area contributed by atoms with Gasteiger partial charge in [0.2, 0.25) is 5.91 Å². The Labute approximate surface area is 181 Å². The number of ether oxygens (including phenoxy) is 1. The highest BCUT2D eigenvalue weighted by atomic mass is 16.5. The lowest BCUT2D eigenvalue weighted by Crippen LogP contribution is -2.42. The Morgan fingerprint density at radius 2 is 1.81 bits per heavy atom. The lowest BCUT2D eigenvalue weighted by Gasteiger charge is -2.22. The Bertz CT molecular complexity index is 998. The van der Waals surface area contributed by atoms with Crippen LogP contribution in [0, 0.1) is 0 Å². The fourth-order valence-corrected chi connectivity index (χ4v) is 3.54. The summed E-state index contributed by atoms with van der Waals surface area (Å²) in [5.41, 5.74) is 1.93. The van der Waals surface area contributed by atoms with Crippen molar-refractivity contribution in [3.63, 3.8) is 0 Å². The number of hydrogen-bond acceptors (Lipinski definition) is 5. The van der Waals surface area contributed by atoms with E-state index in [9.17, 15) is 9.59 Å². The first-order valence-corrected chi connectivity index (χ1v) is 10.4. The second-order valence-electron chi connectivity index (χ2n) is 7.53. The van der Waals surface area contributed by atoms with Gasteiger partial charge < -0.3 is 19.5 Å². The Hall–Kier alpha value is -3.45. The fraction of sp³-hybridized carbons (Fsp3) is 0.292. The van der Waals surface area contributed by atoms with Crippen molar-refractivity contribution in [2.24, 2.45) is 0 Å². The Morgan fingerprint density at radius 3 is 2.52 bits per heavy atom. The maximum atomic E-state index is 13.2. The van der Waals surface area contributed by atoms with Crippen LogP contribution in [0.25, 0.3) is 11.3 Å². The predicted molar refractivity (Wildman–Crippen MR) is 115 cm³/mol. The normalized spacial score (nSPS) is 15.5. The van der Waals surface area contributed by atoms with Gasteiger partial charge in [-0.05, 0) is 18.4 Å². The Balaban J connectivity index is 1.47. The number of hydrogen-bond donors (Lipinski definition) is 1. The van der Waals surface area contributed by atoms with Crippen molar-refractivity contribution in [2.45, 2.75) is 25.5 Å². The van der Waals surface area contributed by atoms with Gasteiger partial charge in [0.05, 0.1) is 6.10 Å². The SMILES string of the molecule is O=C(CN(Cc1ccccc1)C(=O)c1cc(-c2ccccc2)on1)NCC1CCCO1. The maximum absolute atomic E-state index is 13.2. The third-order valence-corrected chi connectivity index (χ3v) is 5.18. The summed E-state index contributed by atoms with van der Waals surface area (Å²) in [6.45, 7) is 1.40. The number of nitrogens with one attached hydrogen (secondary N) is 1. The van der Waals surface area contributed by atoms with Gasteiger partial charge >= 0.3 is 0 Å². The zero-order valence-electron chi connectivity index (χ0n) is 17.2. The molecule has 1 aliphatic rings. The van der Waals surface area contributed by atoms with E-state index in [1.54, 1.807) is 6.07 Å². The first-order chi connectivity index (χ1) is 15.2. The summed E-state index contributed by atoms with van der Waals surface area (Å²) in [6, 6.07) is 20.6.